The third kappa shape index (κ3) is 5.48. The summed E-state index contributed by atoms with van der Waals surface area (Å²) in [7, 11) is 0. The number of amides is 1. The Hall–Kier alpha value is -2.99. The molecule has 2 aliphatic rings. The number of rotatable bonds is 6. The molecule has 7 nitrogen and oxygen atoms in total. The minimum Gasteiger partial charge on any atom is -0.488 e. The molecule has 2 heterocycles. The van der Waals surface area contributed by atoms with Gasteiger partial charge in [0, 0.05) is 36.3 Å². The Morgan fingerprint density at radius 1 is 1.31 bits per heavy atom. The lowest BCUT2D eigenvalue weighted by molar-refractivity contribution is -0.132. The predicted octanol–water partition coefficient (Wildman–Crippen LogP) is 3.10. The van der Waals surface area contributed by atoms with Gasteiger partial charge in [-0.15, -0.1) is 0 Å². The Balaban J connectivity index is 1.61. The van der Waals surface area contributed by atoms with Crippen molar-refractivity contribution in [2.75, 3.05) is 19.7 Å². The van der Waals surface area contributed by atoms with Crippen LogP contribution in [0.2, 0.25) is 0 Å². The van der Waals surface area contributed by atoms with Gasteiger partial charge in [0.25, 0.3) is 5.91 Å². The molecule has 1 saturated heterocycles. The number of ether oxygens (including phenoxy) is 2. The van der Waals surface area contributed by atoms with Gasteiger partial charge in [-0.3, -0.25) is 4.79 Å². The van der Waals surface area contributed by atoms with Crippen LogP contribution in [0.5, 0.6) is 5.75 Å². The molecular formula is C27H32FN3O4. The fraction of sp³-hybridized carbons (Fsp3) is 0.481. The minimum absolute atomic E-state index is 0.209. The van der Waals surface area contributed by atoms with Crippen LogP contribution < -0.4 is 15.4 Å². The van der Waals surface area contributed by atoms with E-state index < -0.39 is 23.6 Å². The van der Waals surface area contributed by atoms with E-state index in [9.17, 15) is 19.6 Å². The summed E-state index contributed by atoms with van der Waals surface area (Å²) in [6.45, 7) is 7.08. The van der Waals surface area contributed by atoms with Gasteiger partial charge in [-0.1, -0.05) is 6.92 Å². The monoisotopic (exact) mass is 481 g/mol. The SMILES string of the molecule is CCc1cc2c(cc1CC(C#N)NC(=O)[C@@H]1CNCCCO1)OCc1cc(F)c(C(C)(C)O)cc1-2. The maximum Gasteiger partial charge on any atom is 0.251 e. The highest BCUT2D eigenvalue weighted by Gasteiger charge is 2.28. The zero-order valence-corrected chi connectivity index (χ0v) is 20.4. The molecule has 0 saturated carbocycles. The number of carbonyl (C=O) groups is 1. The summed E-state index contributed by atoms with van der Waals surface area (Å²) in [5, 5.41) is 26.2. The van der Waals surface area contributed by atoms with Crippen LogP contribution in [0.3, 0.4) is 0 Å². The van der Waals surface area contributed by atoms with E-state index in [1.54, 1.807) is 19.9 Å². The van der Waals surface area contributed by atoms with Crippen LogP contribution in [0.15, 0.2) is 24.3 Å². The molecule has 35 heavy (non-hydrogen) atoms. The highest BCUT2D eigenvalue weighted by atomic mass is 19.1. The van der Waals surface area contributed by atoms with Crippen LogP contribution >= 0.6 is 0 Å². The lowest BCUT2D eigenvalue weighted by Crippen LogP contribution is -2.46. The molecule has 0 aromatic heterocycles. The summed E-state index contributed by atoms with van der Waals surface area (Å²) in [5.74, 6) is -0.123. The van der Waals surface area contributed by atoms with Gasteiger partial charge in [-0.25, -0.2) is 4.39 Å². The van der Waals surface area contributed by atoms with Gasteiger partial charge in [-0.2, -0.15) is 5.26 Å². The van der Waals surface area contributed by atoms with Crippen molar-refractivity contribution < 1.29 is 23.8 Å². The average Bonchev–Trinajstić information content (AvgIpc) is 3.11. The number of benzene rings is 2. The Bertz CT molecular complexity index is 1140. The molecule has 1 fully saturated rings. The third-order valence-electron chi connectivity index (χ3n) is 6.54. The predicted molar refractivity (Wildman–Crippen MR) is 129 cm³/mol. The second-order valence-electron chi connectivity index (χ2n) is 9.62. The van der Waals surface area contributed by atoms with Gasteiger partial charge in [0.15, 0.2) is 0 Å². The zero-order valence-electron chi connectivity index (χ0n) is 20.4. The van der Waals surface area contributed by atoms with Crippen LogP contribution in [-0.2, 0) is 34.6 Å². The van der Waals surface area contributed by atoms with Gasteiger partial charge in [0.2, 0.25) is 0 Å². The normalized spacial score (nSPS) is 18.3. The number of nitrogens with zero attached hydrogens (tertiary/aromatic N) is 1. The smallest absolute Gasteiger partial charge is 0.251 e. The van der Waals surface area contributed by atoms with Gasteiger partial charge in [0.1, 0.15) is 30.3 Å². The van der Waals surface area contributed by atoms with Crippen molar-refractivity contribution >= 4 is 5.91 Å². The molecule has 0 spiro atoms. The lowest BCUT2D eigenvalue weighted by atomic mass is 9.87. The number of nitrogens with one attached hydrogen (secondary N) is 2. The first kappa shape index (κ1) is 25.1. The van der Waals surface area contributed by atoms with Crippen molar-refractivity contribution in [2.24, 2.45) is 0 Å². The topological polar surface area (TPSA) is 104 Å². The van der Waals surface area contributed by atoms with Crippen LogP contribution in [0, 0.1) is 17.1 Å². The summed E-state index contributed by atoms with van der Waals surface area (Å²) in [5.41, 5.74) is 3.20. The van der Waals surface area contributed by atoms with Crippen LogP contribution in [-0.4, -0.2) is 42.9 Å². The summed E-state index contributed by atoms with van der Waals surface area (Å²) in [6, 6.07) is 8.51. The summed E-state index contributed by atoms with van der Waals surface area (Å²) < 4.78 is 26.2. The molecule has 0 aliphatic carbocycles. The molecule has 0 bridgehead atoms. The zero-order chi connectivity index (χ0) is 25.2. The molecule has 1 amide bonds. The van der Waals surface area contributed by atoms with E-state index >= 15 is 0 Å². The van der Waals surface area contributed by atoms with Gasteiger partial charge < -0.3 is 25.2 Å². The molecule has 186 valence electrons. The van der Waals surface area contributed by atoms with E-state index in [2.05, 4.69) is 16.7 Å². The Kier molecular flexibility index (Phi) is 7.41. The van der Waals surface area contributed by atoms with E-state index in [0.717, 1.165) is 40.8 Å². The lowest BCUT2D eigenvalue weighted by Gasteiger charge is -2.27. The van der Waals surface area contributed by atoms with Crippen molar-refractivity contribution in [1.82, 2.24) is 10.6 Å². The van der Waals surface area contributed by atoms with Gasteiger partial charge in [-0.05, 0) is 74.2 Å². The molecule has 3 N–H and O–H groups in total. The second-order valence-corrected chi connectivity index (χ2v) is 9.62. The molecule has 2 aromatic carbocycles. The van der Waals surface area contributed by atoms with Gasteiger partial charge in [0.05, 0.1) is 11.7 Å². The summed E-state index contributed by atoms with van der Waals surface area (Å²) in [6.07, 6.45) is 1.26. The third-order valence-corrected chi connectivity index (χ3v) is 6.54. The largest absolute Gasteiger partial charge is 0.488 e. The number of fused-ring (bicyclic) bond motifs is 3. The number of nitriles is 1. The fourth-order valence-corrected chi connectivity index (χ4v) is 4.62. The van der Waals surface area contributed by atoms with Crippen molar-refractivity contribution in [3.63, 3.8) is 0 Å². The molecule has 0 radical (unpaired) electrons. The fourth-order valence-electron chi connectivity index (χ4n) is 4.62. The molecule has 2 atom stereocenters. The summed E-state index contributed by atoms with van der Waals surface area (Å²) in [4.78, 5) is 12.7. The van der Waals surface area contributed by atoms with Crippen molar-refractivity contribution in [1.29, 1.82) is 5.26 Å². The van der Waals surface area contributed by atoms with Crippen LogP contribution in [0.1, 0.15) is 49.4 Å². The molecule has 8 heteroatoms. The quantitative estimate of drug-likeness (QED) is 0.586. The molecule has 2 aromatic rings. The molecular weight excluding hydrogens is 449 g/mol. The van der Waals surface area contributed by atoms with E-state index in [-0.39, 0.29) is 18.1 Å². The maximum atomic E-state index is 14.6. The highest BCUT2D eigenvalue weighted by molar-refractivity contribution is 5.82. The molecule has 2 aliphatic heterocycles. The van der Waals surface area contributed by atoms with E-state index in [0.29, 0.717) is 31.7 Å². The number of hydrogen-bond acceptors (Lipinski definition) is 6. The first-order valence-electron chi connectivity index (χ1n) is 12.1. The average molecular weight is 482 g/mol. The second kappa shape index (κ2) is 10.3. The first-order chi connectivity index (χ1) is 16.7. The minimum atomic E-state index is -1.32. The molecule has 4 rings (SSSR count). The summed E-state index contributed by atoms with van der Waals surface area (Å²) >= 11 is 0. The van der Waals surface area contributed by atoms with Crippen molar-refractivity contribution in [3.8, 4) is 22.9 Å². The highest BCUT2D eigenvalue weighted by Crippen LogP contribution is 2.42. The van der Waals surface area contributed by atoms with Crippen LogP contribution in [0.4, 0.5) is 4.39 Å². The number of aryl methyl sites for hydroxylation is 1. The van der Waals surface area contributed by atoms with Crippen molar-refractivity contribution in [2.45, 2.75) is 64.4 Å². The number of hydrogen-bond donors (Lipinski definition) is 3. The van der Waals surface area contributed by atoms with E-state index in [4.69, 9.17) is 9.47 Å². The van der Waals surface area contributed by atoms with E-state index in [1.807, 2.05) is 19.1 Å². The maximum absolute atomic E-state index is 14.6. The number of carbonyl (C=O) groups excluding carboxylic acids is 1. The van der Waals surface area contributed by atoms with Gasteiger partial charge >= 0.3 is 0 Å². The Labute approximate surface area is 205 Å². The van der Waals surface area contributed by atoms with Crippen LogP contribution in [0.25, 0.3) is 11.1 Å². The standard InChI is InChI=1S/C27H32FN3O4/c1-4-16-9-21-20-12-22(27(2,3)33)23(28)10-18(20)15-35-24(21)11-17(16)8-19(13-29)31-26(32)25-14-30-6-5-7-34-25/h9-12,19,25,30,33H,4-8,14-15H2,1-3H3,(H,31,32)/t19?,25-/m0/s1. The number of halogens is 1. The number of aliphatic hydroxyl groups is 1. The Morgan fingerprint density at radius 2 is 2.11 bits per heavy atom. The Morgan fingerprint density at radius 3 is 2.83 bits per heavy atom. The first-order valence-corrected chi connectivity index (χ1v) is 12.1. The van der Waals surface area contributed by atoms with E-state index in [1.165, 1.54) is 6.07 Å². The molecule has 1 unspecified atom stereocenters. The van der Waals surface area contributed by atoms with Crippen molar-refractivity contribution in [3.05, 3.63) is 52.3 Å².